The van der Waals surface area contributed by atoms with Crippen LogP contribution in [0, 0.1) is 0 Å². The van der Waals surface area contributed by atoms with Crippen molar-refractivity contribution in [1.29, 1.82) is 0 Å². The molecule has 5 heteroatoms. The van der Waals surface area contributed by atoms with Crippen LogP contribution in [0.3, 0.4) is 0 Å². The Hall–Kier alpha value is -1.46. The molecule has 22 heavy (non-hydrogen) atoms. The molecule has 0 spiro atoms. The Morgan fingerprint density at radius 3 is 2.73 bits per heavy atom. The Balaban J connectivity index is 0.000000720. The number of hydrogen-bond donors (Lipinski definition) is 0. The highest BCUT2D eigenvalue weighted by Gasteiger charge is 2.40. The molecule has 2 aliphatic heterocycles. The minimum Gasteiger partial charge on any atom is -1.00 e. The van der Waals surface area contributed by atoms with Crippen LogP contribution in [-0.4, -0.2) is 4.57 Å². The number of nitrogens with zero attached hydrogens (tertiary/aromatic N) is 3. The predicted molar refractivity (Wildman–Crippen MR) is 74.9 cm³/mol. The zero-order valence-corrected chi connectivity index (χ0v) is 15.0. The highest BCUT2D eigenvalue weighted by Crippen LogP contribution is 2.35. The lowest BCUT2D eigenvalue weighted by Crippen LogP contribution is -3.00. The Morgan fingerprint density at radius 2 is 1.82 bits per heavy atom. The minimum atomic E-state index is 0. The van der Waals surface area contributed by atoms with E-state index in [1.807, 2.05) is 0 Å². The van der Waals surface area contributed by atoms with Crippen molar-refractivity contribution in [2.75, 3.05) is 0 Å². The molecule has 112 valence electrons. The molecule has 0 radical (unpaired) electrons. The molecule has 0 saturated heterocycles. The smallest absolute Gasteiger partial charge is 0.286 e. The van der Waals surface area contributed by atoms with Gasteiger partial charge in [-0.25, -0.2) is 8.97 Å². The first-order valence-electron chi connectivity index (χ1n) is 7.09. The van der Waals surface area contributed by atoms with Crippen molar-refractivity contribution in [2.45, 2.75) is 18.9 Å². The summed E-state index contributed by atoms with van der Waals surface area (Å²) in [6.07, 6.45) is 9.97. The molecular formula is C17H15Br2N3. The molecule has 0 fully saturated rings. The fourth-order valence-corrected chi connectivity index (χ4v) is 3.63. The molecule has 2 aliphatic rings. The van der Waals surface area contributed by atoms with Gasteiger partial charge in [-0.15, -0.1) is 0 Å². The normalized spacial score (nSPS) is 17.6. The van der Waals surface area contributed by atoms with Crippen LogP contribution in [0.25, 0.3) is 11.8 Å². The zero-order chi connectivity index (χ0) is 13.1. The average Bonchev–Trinajstić information content (AvgIpc) is 3.02. The zero-order valence-electron chi connectivity index (χ0n) is 11.9. The standard InChI is InChI=1S/C17H15N3.2BrH/c1-3-7-18-10-13-11-20-14(9-15(13)16(18)5-1)12-19-8-4-2-6-17(19)20;;/h1-8,10,12,15H,9,11H2;2*1H/q+2;;/p-2. The van der Waals surface area contributed by atoms with Gasteiger partial charge in [-0.2, -0.15) is 4.57 Å². The SMILES string of the molecule is C1=C2Cn3c(c[n+]4ccccc34)CC2c2cccc[n+]21.[Br-].[Br-]. The third kappa shape index (κ3) is 2.07. The molecule has 1 unspecified atom stereocenters. The van der Waals surface area contributed by atoms with Gasteiger partial charge in [0, 0.05) is 30.2 Å². The monoisotopic (exact) mass is 419 g/mol. The lowest BCUT2D eigenvalue weighted by Gasteiger charge is -2.15. The summed E-state index contributed by atoms with van der Waals surface area (Å²) in [4.78, 5) is 0. The van der Waals surface area contributed by atoms with E-state index in [0.717, 1.165) is 13.0 Å². The van der Waals surface area contributed by atoms with Crippen molar-refractivity contribution < 1.29 is 42.9 Å². The largest absolute Gasteiger partial charge is 1.00 e. The Kier molecular flexibility index (Phi) is 3.95. The summed E-state index contributed by atoms with van der Waals surface area (Å²) in [5.74, 6) is 0.550. The maximum absolute atomic E-state index is 2.44. The van der Waals surface area contributed by atoms with Crippen LogP contribution in [0.5, 0.6) is 0 Å². The molecule has 3 nitrogen and oxygen atoms in total. The van der Waals surface area contributed by atoms with Crippen molar-refractivity contribution >= 4 is 11.8 Å². The van der Waals surface area contributed by atoms with Gasteiger partial charge in [-0.05, 0) is 6.07 Å². The molecule has 5 rings (SSSR count). The van der Waals surface area contributed by atoms with E-state index in [-0.39, 0.29) is 34.0 Å². The van der Waals surface area contributed by atoms with Gasteiger partial charge in [0.1, 0.15) is 18.4 Å². The predicted octanol–water partition coefficient (Wildman–Crippen LogP) is -4.28. The number of aromatic nitrogens is 3. The van der Waals surface area contributed by atoms with Crippen LogP contribution in [0.2, 0.25) is 0 Å². The average molecular weight is 421 g/mol. The molecule has 0 saturated carbocycles. The van der Waals surface area contributed by atoms with E-state index in [0.29, 0.717) is 5.92 Å². The van der Waals surface area contributed by atoms with E-state index in [2.05, 4.69) is 74.7 Å². The fourth-order valence-electron chi connectivity index (χ4n) is 3.63. The van der Waals surface area contributed by atoms with Gasteiger partial charge >= 0.3 is 0 Å². The first-order valence-corrected chi connectivity index (χ1v) is 7.09. The van der Waals surface area contributed by atoms with Crippen molar-refractivity contribution in [3.05, 3.63) is 71.9 Å². The molecule has 0 amide bonds. The molecule has 0 aliphatic carbocycles. The van der Waals surface area contributed by atoms with Crippen LogP contribution in [0.1, 0.15) is 17.3 Å². The second-order valence-corrected chi connectivity index (χ2v) is 5.67. The fraction of sp³-hybridized carbons (Fsp3) is 0.176. The lowest BCUT2D eigenvalue weighted by molar-refractivity contribution is -0.573. The number of allylic oxidation sites excluding steroid dienone is 1. The maximum atomic E-state index is 2.44. The summed E-state index contributed by atoms with van der Waals surface area (Å²) in [5, 5.41) is 0. The number of hydrogen-bond acceptors (Lipinski definition) is 0. The molecule has 0 N–H and O–H groups in total. The summed E-state index contributed by atoms with van der Waals surface area (Å²) >= 11 is 0. The quantitative estimate of drug-likeness (QED) is 0.327. The van der Waals surface area contributed by atoms with E-state index in [1.54, 1.807) is 0 Å². The van der Waals surface area contributed by atoms with Crippen molar-refractivity contribution in [3.63, 3.8) is 0 Å². The molecule has 3 aromatic rings. The van der Waals surface area contributed by atoms with Gasteiger partial charge in [-0.3, -0.25) is 0 Å². The molecule has 1 atom stereocenters. The van der Waals surface area contributed by atoms with E-state index < -0.39 is 0 Å². The summed E-state index contributed by atoms with van der Waals surface area (Å²) < 4.78 is 6.95. The van der Waals surface area contributed by atoms with Gasteiger partial charge in [0.25, 0.3) is 5.65 Å². The first kappa shape index (κ1) is 15.4. The highest BCUT2D eigenvalue weighted by molar-refractivity contribution is 5.43. The van der Waals surface area contributed by atoms with Crippen molar-refractivity contribution in [1.82, 2.24) is 4.57 Å². The van der Waals surface area contributed by atoms with E-state index in [4.69, 9.17) is 0 Å². The van der Waals surface area contributed by atoms with Crippen molar-refractivity contribution in [3.8, 4) is 0 Å². The number of imidazole rings is 1. The Morgan fingerprint density at radius 1 is 1.00 bits per heavy atom. The second kappa shape index (κ2) is 5.63. The molecule has 3 aromatic heterocycles. The second-order valence-electron chi connectivity index (χ2n) is 5.67. The highest BCUT2D eigenvalue weighted by atomic mass is 79.9. The Labute approximate surface area is 150 Å². The number of fused-ring (bicyclic) bond motifs is 6. The molecule has 0 bridgehead atoms. The van der Waals surface area contributed by atoms with Gasteiger partial charge in [0.15, 0.2) is 18.1 Å². The molecule has 0 aromatic carbocycles. The van der Waals surface area contributed by atoms with Crippen LogP contribution in [0.4, 0.5) is 0 Å². The minimum absolute atomic E-state index is 0. The molecular weight excluding hydrogens is 406 g/mol. The third-order valence-electron chi connectivity index (χ3n) is 4.57. The lowest BCUT2D eigenvalue weighted by atomic mass is 9.90. The van der Waals surface area contributed by atoms with E-state index >= 15 is 0 Å². The van der Waals surface area contributed by atoms with Crippen LogP contribution in [0.15, 0.2) is 60.6 Å². The maximum Gasteiger partial charge on any atom is 0.286 e. The van der Waals surface area contributed by atoms with Gasteiger partial charge in [-0.1, -0.05) is 12.1 Å². The summed E-state index contributed by atoms with van der Waals surface area (Å²) in [7, 11) is 0. The van der Waals surface area contributed by atoms with E-state index in [1.165, 1.54) is 22.6 Å². The van der Waals surface area contributed by atoms with Crippen LogP contribution >= 0.6 is 0 Å². The third-order valence-corrected chi connectivity index (χ3v) is 4.57. The number of rotatable bonds is 0. The topological polar surface area (TPSA) is 12.9 Å². The summed E-state index contributed by atoms with van der Waals surface area (Å²) in [6, 6.07) is 12.9. The number of halogens is 2. The Bertz CT molecular complexity index is 882. The van der Waals surface area contributed by atoms with Gasteiger partial charge in [0.05, 0.1) is 12.1 Å². The first-order chi connectivity index (χ1) is 9.90. The van der Waals surface area contributed by atoms with Gasteiger partial charge < -0.3 is 34.0 Å². The van der Waals surface area contributed by atoms with E-state index in [9.17, 15) is 0 Å². The molecule has 5 heterocycles. The van der Waals surface area contributed by atoms with Crippen LogP contribution in [-0.2, 0) is 13.0 Å². The van der Waals surface area contributed by atoms with Crippen LogP contribution < -0.4 is 42.9 Å². The summed E-state index contributed by atoms with van der Waals surface area (Å²) in [5.41, 5.74) is 5.65. The van der Waals surface area contributed by atoms with Crippen molar-refractivity contribution in [2.24, 2.45) is 0 Å². The number of pyridine rings is 2. The van der Waals surface area contributed by atoms with Gasteiger partial charge in [0.2, 0.25) is 0 Å². The summed E-state index contributed by atoms with van der Waals surface area (Å²) in [6.45, 7) is 1.00.